The van der Waals surface area contributed by atoms with Gasteiger partial charge in [-0.15, -0.1) is 0 Å². The van der Waals surface area contributed by atoms with Crippen molar-refractivity contribution in [1.82, 2.24) is 9.97 Å². The van der Waals surface area contributed by atoms with E-state index in [2.05, 4.69) is 164 Å². The summed E-state index contributed by atoms with van der Waals surface area (Å²) in [5.41, 5.74) is 16.6. The Kier molecular flexibility index (Phi) is 8.41. The quantitative estimate of drug-likeness (QED) is 0.174. The molecule has 1 N–H and O–H groups in total. The Morgan fingerprint density at radius 3 is 2.00 bits per heavy atom. The van der Waals surface area contributed by atoms with Crippen molar-refractivity contribution in [1.29, 1.82) is 0 Å². The van der Waals surface area contributed by atoms with Crippen LogP contribution in [-0.2, 0) is 0 Å². The maximum Gasteiger partial charge on any atom is 0.126 e. The number of para-hydroxylation sites is 3. The molecule has 5 nitrogen and oxygen atoms in total. The summed E-state index contributed by atoms with van der Waals surface area (Å²) < 4.78 is 0. The van der Waals surface area contributed by atoms with Crippen LogP contribution in [0.2, 0.25) is 0 Å². The number of nitrogens with zero attached hydrogens (tertiary/aromatic N) is 4. The van der Waals surface area contributed by atoms with Crippen LogP contribution in [0, 0.1) is 27.7 Å². The molecule has 2 aliphatic rings. The minimum Gasteiger partial charge on any atom is -0.360 e. The monoisotopic (exact) mass is 653 g/mol. The first-order chi connectivity index (χ1) is 24.4. The highest BCUT2D eigenvalue weighted by Gasteiger charge is 2.33. The summed E-state index contributed by atoms with van der Waals surface area (Å²) in [6, 6.07) is 41.4. The molecule has 5 heteroatoms. The van der Waals surface area contributed by atoms with Gasteiger partial charge in [-0.2, -0.15) is 0 Å². The number of anilines is 6. The number of nitrogens with one attached hydrogen (secondary N) is 1. The van der Waals surface area contributed by atoms with Crippen LogP contribution in [0.3, 0.4) is 0 Å². The molecule has 248 valence electrons. The van der Waals surface area contributed by atoms with Gasteiger partial charge >= 0.3 is 0 Å². The molecule has 1 aliphatic carbocycles. The summed E-state index contributed by atoms with van der Waals surface area (Å²) in [6.07, 6.45) is 9.52. The first-order valence-corrected chi connectivity index (χ1v) is 17.7. The summed E-state index contributed by atoms with van der Waals surface area (Å²) in [5, 5.41) is 3.80. The third-order valence-electron chi connectivity index (χ3n) is 10.2. The molecule has 0 bridgehead atoms. The van der Waals surface area contributed by atoms with Crippen LogP contribution in [0.25, 0.3) is 11.3 Å². The average molecular weight is 654 g/mol. The predicted octanol–water partition coefficient (Wildman–Crippen LogP) is 11.6. The molecule has 1 aromatic heterocycles. The van der Waals surface area contributed by atoms with Crippen molar-refractivity contribution in [3.05, 3.63) is 167 Å². The van der Waals surface area contributed by atoms with E-state index in [1.807, 2.05) is 12.4 Å². The third kappa shape index (κ3) is 6.05. The SMILES string of the molecule is Cc1ccc(N(c2ccc(-c3cnc(C4CC=C(C5Nc6ccccc6N5c5ccccc5)CC4)cn3)cc2)c2ccc(C)cc2C)c(C)c1. The lowest BCUT2D eigenvalue weighted by Gasteiger charge is -2.32. The molecule has 0 saturated carbocycles. The third-order valence-corrected chi connectivity index (χ3v) is 10.2. The molecular formula is C45H43N5. The Labute approximate surface area is 296 Å². The lowest BCUT2D eigenvalue weighted by molar-refractivity contribution is 0.564. The van der Waals surface area contributed by atoms with Gasteiger partial charge in [-0.05, 0) is 112 Å². The van der Waals surface area contributed by atoms with Crippen LogP contribution in [0.4, 0.5) is 34.1 Å². The minimum absolute atomic E-state index is 0.118. The van der Waals surface area contributed by atoms with Gasteiger partial charge in [0.1, 0.15) is 6.17 Å². The van der Waals surface area contributed by atoms with Gasteiger partial charge in [0.15, 0.2) is 0 Å². The Bertz CT molecular complexity index is 2120. The number of aromatic nitrogens is 2. The van der Waals surface area contributed by atoms with E-state index in [4.69, 9.17) is 9.97 Å². The maximum atomic E-state index is 4.96. The van der Waals surface area contributed by atoms with E-state index in [0.29, 0.717) is 5.92 Å². The molecule has 5 aromatic carbocycles. The Hall–Kier alpha value is -5.68. The number of rotatable bonds is 7. The highest BCUT2D eigenvalue weighted by Crippen LogP contribution is 2.45. The average Bonchev–Trinajstić information content (AvgIpc) is 3.54. The van der Waals surface area contributed by atoms with Crippen molar-refractivity contribution < 1.29 is 0 Å². The highest BCUT2D eigenvalue weighted by molar-refractivity contribution is 5.84. The fraction of sp³-hybridized carbons (Fsp3) is 0.200. The van der Waals surface area contributed by atoms with Gasteiger partial charge in [0.2, 0.25) is 0 Å². The summed E-state index contributed by atoms with van der Waals surface area (Å²) in [6.45, 7) is 8.68. The molecule has 0 saturated heterocycles. The summed E-state index contributed by atoms with van der Waals surface area (Å²) in [7, 11) is 0. The van der Waals surface area contributed by atoms with Crippen LogP contribution >= 0.6 is 0 Å². The van der Waals surface area contributed by atoms with Crippen molar-refractivity contribution in [2.24, 2.45) is 0 Å². The first-order valence-electron chi connectivity index (χ1n) is 17.7. The largest absolute Gasteiger partial charge is 0.360 e. The van der Waals surface area contributed by atoms with Crippen LogP contribution in [0.15, 0.2) is 139 Å². The van der Waals surface area contributed by atoms with Crippen LogP contribution in [-0.4, -0.2) is 16.1 Å². The number of allylic oxidation sites excluding steroid dienone is 1. The fourth-order valence-electron chi connectivity index (χ4n) is 7.66. The summed E-state index contributed by atoms with van der Waals surface area (Å²) in [5.74, 6) is 0.362. The smallest absolute Gasteiger partial charge is 0.126 e. The zero-order valence-corrected chi connectivity index (χ0v) is 29.3. The van der Waals surface area contributed by atoms with Crippen LogP contribution in [0.5, 0.6) is 0 Å². The summed E-state index contributed by atoms with van der Waals surface area (Å²) >= 11 is 0. The number of fused-ring (bicyclic) bond motifs is 1. The van der Waals surface area contributed by atoms with Crippen LogP contribution in [0.1, 0.15) is 53.1 Å². The molecule has 1 aliphatic heterocycles. The van der Waals surface area contributed by atoms with E-state index < -0.39 is 0 Å². The van der Waals surface area contributed by atoms with Gasteiger partial charge in [0.05, 0.1) is 29.0 Å². The lowest BCUT2D eigenvalue weighted by atomic mass is 9.86. The van der Waals surface area contributed by atoms with Crippen molar-refractivity contribution in [3.8, 4) is 11.3 Å². The van der Waals surface area contributed by atoms with Gasteiger partial charge in [-0.1, -0.05) is 83.9 Å². The molecule has 0 amide bonds. The number of aryl methyl sites for hydroxylation is 4. The Morgan fingerprint density at radius 2 is 1.38 bits per heavy atom. The van der Waals surface area contributed by atoms with Gasteiger partial charge in [0, 0.05) is 40.4 Å². The standard InChI is InChI=1S/C45H43N5/c1-30-14-24-42(32(3)26-30)49(43-25-15-31(2)27-33(43)4)38-22-20-35(21-23-38)41-29-46-40(28-47-41)34-16-18-36(19-17-34)45-48-39-12-8-9-13-44(39)50(45)37-10-6-5-7-11-37/h5-15,18,20-29,34,45,48H,16-17,19H2,1-4H3. The molecule has 50 heavy (non-hydrogen) atoms. The second-order valence-corrected chi connectivity index (χ2v) is 13.8. The molecule has 0 fully saturated rings. The minimum atomic E-state index is 0.118. The number of hydrogen-bond acceptors (Lipinski definition) is 5. The molecule has 2 unspecified atom stereocenters. The van der Waals surface area contributed by atoms with Gasteiger partial charge < -0.3 is 15.1 Å². The molecule has 8 rings (SSSR count). The fourth-order valence-corrected chi connectivity index (χ4v) is 7.66. The Balaban J connectivity index is 1.00. The van der Waals surface area contributed by atoms with E-state index >= 15 is 0 Å². The van der Waals surface area contributed by atoms with Crippen molar-refractivity contribution in [3.63, 3.8) is 0 Å². The first kappa shape index (κ1) is 31.6. The van der Waals surface area contributed by atoms with E-state index in [9.17, 15) is 0 Å². The molecule has 0 spiro atoms. The molecule has 2 atom stereocenters. The Morgan fingerprint density at radius 1 is 0.700 bits per heavy atom. The zero-order chi connectivity index (χ0) is 34.2. The van der Waals surface area contributed by atoms with E-state index in [1.165, 1.54) is 56.3 Å². The number of benzene rings is 5. The predicted molar refractivity (Wildman–Crippen MR) is 208 cm³/mol. The van der Waals surface area contributed by atoms with Crippen molar-refractivity contribution >= 4 is 34.1 Å². The zero-order valence-electron chi connectivity index (χ0n) is 29.3. The van der Waals surface area contributed by atoms with Gasteiger partial charge in [-0.3, -0.25) is 9.97 Å². The molecule has 6 aromatic rings. The van der Waals surface area contributed by atoms with E-state index in [-0.39, 0.29) is 6.17 Å². The highest BCUT2D eigenvalue weighted by atomic mass is 15.3. The maximum absolute atomic E-state index is 4.96. The molecular weight excluding hydrogens is 611 g/mol. The van der Waals surface area contributed by atoms with Gasteiger partial charge in [-0.25, -0.2) is 0 Å². The van der Waals surface area contributed by atoms with E-state index in [0.717, 1.165) is 41.9 Å². The summed E-state index contributed by atoms with van der Waals surface area (Å²) in [4.78, 5) is 14.7. The lowest BCUT2D eigenvalue weighted by Crippen LogP contribution is -2.34. The normalized spacial score (nSPS) is 16.8. The van der Waals surface area contributed by atoms with E-state index in [1.54, 1.807) is 0 Å². The topological polar surface area (TPSA) is 44.3 Å². The van der Waals surface area contributed by atoms with Gasteiger partial charge in [0.25, 0.3) is 0 Å². The van der Waals surface area contributed by atoms with Crippen molar-refractivity contribution in [2.75, 3.05) is 15.1 Å². The second-order valence-electron chi connectivity index (χ2n) is 13.8. The molecule has 2 heterocycles. The second kappa shape index (κ2) is 13.3. The number of hydrogen-bond donors (Lipinski definition) is 1. The molecule has 0 radical (unpaired) electrons. The van der Waals surface area contributed by atoms with Crippen molar-refractivity contribution in [2.45, 2.75) is 59.0 Å². The van der Waals surface area contributed by atoms with Crippen LogP contribution < -0.4 is 15.1 Å².